The van der Waals surface area contributed by atoms with E-state index in [4.69, 9.17) is 0 Å². The van der Waals surface area contributed by atoms with E-state index in [-0.39, 0.29) is 11.1 Å². The maximum absolute atomic E-state index is 13.5. The molecule has 0 aliphatic carbocycles. The zero-order chi connectivity index (χ0) is 15.5. The van der Waals surface area contributed by atoms with Gasteiger partial charge in [-0.15, -0.1) is 0 Å². The summed E-state index contributed by atoms with van der Waals surface area (Å²) in [4.78, 5) is -0.461. The van der Waals surface area contributed by atoms with Gasteiger partial charge in [0.05, 0.1) is 4.90 Å². The Balaban J connectivity index is 0.000000956. The summed E-state index contributed by atoms with van der Waals surface area (Å²) in [6.45, 7) is 5.53. The molecule has 0 bridgehead atoms. The Morgan fingerprint density at radius 2 is 1.70 bits per heavy atom. The van der Waals surface area contributed by atoms with E-state index in [0.717, 1.165) is 6.07 Å². The van der Waals surface area contributed by atoms with Crippen LogP contribution in [0.1, 0.15) is 19.4 Å². The molecule has 2 rings (SSSR count). The van der Waals surface area contributed by atoms with Crippen LogP contribution in [0, 0.1) is 12.7 Å². The number of benzene rings is 2. The molecule has 2 aromatic rings. The molecule has 110 valence electrons. The predicted octanol–water partition coefficient (Wildman–Crippen LogP) is 5.63. The highest BCUT2D eigenvalue weighted by atomic mass is 32.2. The lowest BCUT2D eigenvalue weighted by Gasteiger charge is -2.12. The molecular formula is C14H14F4OS. The summed E-state index contributed by atoms with van der Waals surface area (Å²) in [6.07, 6.45) is 0. The van der Waals surface area contributed by atoms with Crippen molar-refractivity contribution in [3.05, 3.63) is 35.6 Å². The van der Waals surface area contributed by atoms with Crippen molar-refractivity contribution < 1.29 is 22.7 Å². The molecule has 0 amide bonds. The van der Waals surface area contributed by atoms with Gasteiger partial charge in [0.1, 0.15) is 11.6 Å². The van der Waals surface area contributed by atoms with Crippen molar-refractivity contribution in [3.8, 4) is 5.75 Å². The van der Waals surface area contributed by atoms with Crippen molar-refractivity contribution in [3.63, 3.8) is 0 Å². The number of hydrogen-bond acceptors (Lipinski definition) is 2. The number of phenols is 1. The number of fused-ring (bicyclic) bond motifs is 1. The highest BCUT2D eigenvalue weighted by Gasteiger charge is 2.32. The van der Waals surface area contributed by atoms with E-state index < -0.39 is 28.0 Å². The van der Waals surface area contributed by atoms with Gasteiger partial charge in [0.25, 0.3) is 0 Å². The zero-order valence-electron chi connectivity index (χ0n) is 11.2. The van der Waals surface area contributed by atoms with Gasteiger partial charge in [-0.2, -0.15) is 13.2 Å². The molecule has 6 heteroatoms. The summed E-state index contributed by atoms with van der Waals surface area (Å²) in [5.41, 5.74) is -4.16. The minimum atomic E-state index is -4.56. The van der Waals surface area contributed by atoms with Crippen LogP contribution in [-0.2, 0) is 0 Å². The van der Waals surface area contributed by atoms with Gasteiger partial charge < -0.3 is 5.11 Å². The van der Waals surface area contributed by atoms with Crippen molar-refractivity contribution in [2.45, 2.75) is 31.2 Å². The van der Waals surface area contributed by atoms with E-state index in [1.807, 2.05) is 13.8 Å². The Morgan fingerprint density at radius 3 is 2.25 bits per heavy atom. The predicted molar refractivity (Wildman–Crippen MR) is 73.6 cm³/mol. The van der Waals surface area contributed by atoms with Gasteiger partial charge in [-0.3, -0.25) is 0 Å². The molecule has 1 N–H and O–H groups in total. The second-order valence-corrected chi connectivity index (χ2v) is 4.86. The van der Waals surface area contributed by atoms with E-state index in [0.29, 0.717) is 10.9 Å². The van der Waals surface area contributed by atoms with Gasteiger partial charge in [-0.25, -0.2) is 4.39 Å². The van der Waals surface area contributed by atoms with Crippen LogP contribution < -0.4 is 0 Å². The van der Waals surface area contributed by atoms with E-state index in [9.17, 15) is 22.7 Å². The molecule has 1 nitrogen and oxygen atoms in total. The summed E-state index contributed by atoms with van der Waals surface area (Å²) in [5.74, 6) is -0.979. The monoisotopic (exact) mass is 306 g/mol. The molecular weight excluding hydrogens is 292 g/mol. The smallest absolute Gasteiger partial charge is 0.446 e. The molecule has 0 saturated heterocycles. The number of aryl methyl sites for hydroxylation is 1. The molecule has 0 aromatic heterocycles. The fraction of sp³-hybridized carbons (Fsp3) is 0.286. The molecule has 0 fully saturated rings. The summed E-state index contributed by atoms with van der Waals surface area (Å²) >= 11 is -0.480. The van der Waals surface area contributed by atoms with Crippen molar-refractivity contribution >= 4 is 22.5 Å². The Labute approximate surface area is 118 Å². The lowest BCUT2D eigenvalue weighted by Crippen LogP contribution is -2.01. The summed E-state index contributed by atoms with van der Waals surface area (Å²) in [7, 11) is 0. The zero-order valence-corrected chi connectivity index (χ0v) is 12.0. The van der Waals surface area contributed by atoms with Gasteiger partial charge in [-0.1, -0.05) is 19.9 Å². The molecule has 20 heavy (non-hydrogen) atoms. The lowest BCUT2D eigenvalue weighted by atomic mass is 10.0. The van der Waals surface area contributed by atoms with E-state index in [1.165, 1.54) is 25.1 Å². The number of phenolic OH excluding ortho intramolecular Hbond substituents is 1. The van der Waals surface area contributed by atoms with Crippen molar-refractivity contribution in [2.75, 3.05) is 0 Å². The highest BCUT2D eigenvalue weighted by Crippen LogP contribution is 2.43. The van der Waals surface area contributed by atoms with E-state index in [1.54, 1.807) is 0 Å². The first-order valence-electron chi connectivity index (χ1n) is 5.95. The molecule has 0 unspecified atom stereocenters. The number of alkyl halides is 3. The first-order chi connectivity index (χ1) is 9.28. The first-order valence-corrected chi connectivity index (χ1v) is 6.77. The van der Waals surface area contributed by atoms with Crippen LogP contribution in [0.5, 0.6) is 5.75 Å². The maximum atomic E-state index is 13.5. The van der Waals surface area contributed by atoms with Gasteiger partial charge in [0.15, 0.2) is 0 Å². The van der Waals surface area contributed by atoms with E-state index in [2.05, 4.69) is 0 Å². The molecule has 0 aliphatic rings. The summed E-state index contributed by atoms with van der Waals surface area (Å²) < 4.78 is 50.8. The topological polar surface area (TPSA) is 20.2 Å². The number of hydrogen-bond donors (Lipinski definition) is 1. The van der Waals surface area contributed by atoms with Crippen LogP contribution in [0.4, 0.5) is 17.6 Å². The Kier molecular flexibility index (Phi) is 5.28. The van der Waals surface area contributed by atoms with Crippen molar-refractivity contribution in [1.29, 1.82) is 0 Å². The van der Waals surface area contributed by atoms with E-state index >= 15 is 0 Å². The van der Waals surface area contributed by atoms with Crippen LogP contribution in [0.15, 0.2) is 29.2 Å². The third kappa shape index (κ3) is 3.79. The third-order valence-corrected chi connectivity index (χ3v) is 3.26. The molecule has 0 radical (unpaired) electrons. The van der Waals surface area contributed by atoms with Crippen LogP contribution in [-0.4, -0.2) is 10.6 Å². The fourth-order valence-electron chi connectivity index (χ4n) is 1.81. The van der Waals surface area contributed by atoms with Crippen LogP contribution in [0.25, 0.3) is 10.8 Å². The standard InChI is InChI=1S/C12H8F4OS.C2H6/c1-6-4-8(17)5-7-2-3-9(13)11(10(6)7)18-12(14,15)16;1-2/h2-5,17H,1H3;1-2H3. The number of rotatable bonds is 1. The second-order valence-electron chi connectivity index (χ2n) is 3.79. The van der Waals surface area contributed by atoms with Gasteiger partial charge in [0.2, 0.25) is 0 Å². The van der Waals surface area contributed by atoms with Gasteiger partial charge >= 0.3 is 5.51 Å². The Bertz CT molecular complexity index is 608. The summed E-state index contributed by atoms with van der Waals surface area (Å²) in [6, 6.07) is 4.93. The molecule has 0 heterocycles. The largest absolute Gasteiger partial charge is 0.508 e. The Morgan fingerprint density at radius 1 is 1.10 bits per heavy atom. The molecule has 0 aliphatic heterocycles. The van der Waals surface area contributed by atoms with Crippen LogP contribution in [0.2, 0.25) is 0 Å². The normalized spacial score (nSPS) is 11.2. The Hall–Kier alpha value is -1.43. The quantitative estimate of drug-likeness (QED) is 0.544. The summed E-state index contributed by atoms with van der Waals surface area (Å²) in [5, 5.41) is 9.93. The minimum Gasteiger partial charge on any atom is -0.508 e. The molecule has 0 spiro atoms. The number of thioether (sulfide) groups is 1. The fourth-order valence-corrected chi connectivity index (χ4v) is 2.59. The molecule has 0 atom stereocenters. The van der Waals surface area contributed by atoms with Crippen LogP contribution >= 0.6 is 11.8 Å². The first kappa shape index (κ1) is 16.6. The molecule has 2 aromatic carbocycles. The van der Waals surface area contributed by atoms with Gasteiger partial charge in [0, 0.05) is 5.39 Å². The average Bonchev–Trinajstić information content (AvgIpc) is 2.33. The maximum Gasteiger partial charge on any atom is 0.446 e. The molecule has 0 saturated carbocycles. The van der Waals surface area contributed by atoms with Gasteiger partial charge in [-0.05, 0) is 47.8 Å². The van der Waals surface area contributed by atoms with Crippen LogP contribution in [0.3, 0.4) is 0 Å². The number of aromatic hydroxyl groups is 1. The highest BCUT2D eigenvalue weighted by molar-refractivity contribution is 8.00. The number of halogens is 4. The lowest BCUT2D eigenvalue weighted by molar-refractivity contribution is -0.0328. The third-order valence-electron chi connectivity index (χ3n) is 2.42. The van der Waals surface area contributed by atoms with Crippen molar-refractivity contribution in [1.82, 2.24) is 0 Å². The second kappa shape index (κ2) is 6.35. The minimum absolute atomic E-state index is 0.0606. The average molecular weight is 306 g/mol. The SMILES string of the molecule is CC.Cc1cc(O)cc2ccc(F)c(SC(F)(F)F)c12. The van der Waals surface area contributed by atoms with Crippen molar-refractivity contribution in [2.24, 2.45) is 0 Å².